The van der Waals surface area contributed by atoms with Crippen LogP contribution >= 0.6 is 0 Å². The van der Waals surface area contributed by atoms with Crippen LogP contribution in [0.5, 0.6) is 11.5 Å². The van der Waals surface area contributed by atoms with Gasteiger partial charge in [0.15, 0.2) is 11.5 Å². The molecule has 1 aliphatic rings. The molecule has 0 unspecified atom stereocenters. The molecule has 0 aromatic heterocycles. The van der Waals surface area contributed by atoms with Gasteiger partial charge in [0.25, 0.3) is 0 Å². The number of amides is 1. The van der Waals surface area contributed by atoms with Crippen molar-refractivity contribution in [2.45, 2.75) is 33.1 Å². The number of anilines is 1. The first-order chi connectivity index (χ1) is 12.3. The van der Waals surface area contributed by atoms with Crippen molar-refractivity contribution < 1.29 is 14.3 Å². The predicted octanol–water partition coefficient (Wildman–Crippen LogP) is 4.72. The number of aryl methyl sites for hydroxylation is 1. The first-order valence-electron chi connectivity index (χ1n) is 8.83. The van der Waals surface area contributed by atoms with Gasteiger partial charge in [0, 0.05) is 17.8 Å². The fraction of sp³-hybridized carbons (Fsp3) is 0.318. The van der Waals surface area contributed by atoms with Crippen LogP contribution in [0.4, 0.5) is 5.69 Å². The Balaban J connectivity index is 1.68. The normalized spacial score (nSPS) is 13.7. The third-order valence-electron chi connectivity index (χ3n) is 4.35. The summed E-state index contributed by atoms with van der Waals surface area (Å²) in [6.45, 7) is 9.55. The van der Waals surface area contributed by atoms with Gasteiger partial charge in [-0.2, -0.15) is 0 Å². The highest BCUT2D eigenvalue weighted by molar-refractivity contribution is 6.02. The molecule has 26 heavy (non-hydrogen) atoms. The van der Waals surface area contributed by atoms with E-state index in [0.717, 1.165) is 22.6 Å². The fourth-order valence-corrected chi connectivity index (χ4v) is 2.77. The third-order valence-corrected chi connectivity index (χ3v) is 4.35. The molecule has 1 heterocycles. The minimum atomic E-state index is -0.176. The Hall–Kier alpha value is -2.75. The number of carbonyl (C=O) groups excluding carboxylic acids is 1. The maximum absolute atomic E-state index is 12.3. The predicted molar refractivity (Wildman–Crippen MR) is 105 cm³/mol. The first-order valence-corrected chi connectivity index (χ1v) is 8.83. The van der Waals surface area contributed by atoms with E-state index in [2.05, 4.69) is 38.2 Å². The molecule has 1 amide bonds. The molecule has 4 nitrogen and oxygen atoms in total. The second-order valence-electron chi connectivity index (χ2n) is 7.51. The first kappa shape index (κ1) is 18.1. The summed E-state index contributed by atoms with van der Waals surface area (Å²) in [7, 11) is 0. The lowest BCUT2D eigenvalue weighted by Gasteiger charge is -2.20. The zero-order valence-corrected chi connectivity index (χ0v) is 15.8. The van der Waals surface area contributed by atoms with Crippen molar-refractivity contribution >= 4 is 17.7 Å². The van der Waals surface area contributed by atoms with Gasteiger partial charge in [-0.15, -0.1) is 0 Å². The van der Waals surface area contributed by atoms with Crippen LogP contribution < -0.4 is 14.8 Å². The molecular weight excluding hydrogens is 326 g/mol. The summed E-state index contributed by atoms with van der Waals surface area (Å²) in [6, 6.07) is 12.0. The highest BCUT2D eigenvalue weighted by Gasteiger charge is 2.15. The molecule has 0 spiro atoms. The molecule has 0 aliphatic carbocycles. The van der Waals surface area contributed by atoms with Gasteiger partial charge in [0.1, 0.15) is 13.2 Å². The van der Waals surface area contributed by atoms with Crippen LogP contribution in [0.1, 0.15) is 37.5 Å². The van der Waals surface area contributed by atoms with Crippen molar-refractivity contribution in [2.24, 2.45) is 0 Å². The van der Waals surface area contributed by atoms with E-state index in [0.29, 0.717) is 19.0 Å². The standard InChI is InChI=1S/C22H25NO3/c1-15-13-19-20(26-12-11-25-19)14-18(15)23-21(24)10-7-16-5-8-17(9-6-16)22(2,3)4/h5-10,13-14H,11-12H2,1-4H3,(H,23,24)/b10-7+. The number of carbonyl (C=O) groups is 1. The second kappa shape index (κ2) is 7.24. The maximum atomic E-state index is 12.3. The Kier molecular flexibility index (Phi) is 5.03. The minimum absolute atomic E-state index is 0.120. The van der Waals surface area contributed by atoms with Crippen molar-refractivity contribution in [1.29, 1.82) is 0 Å². The van der Waals surface area contributed by atoms with Crippen LogP contribution in [0, 0.1) is 6.92 Å². The Labute approximate surface area is 154 Å². The topological polar surface area (TPSA) is 47.6 Å². The number of ether oxygens (including phenoxy) is 2. The van der Waals surface area contributed by atoms with Crippen LogP contribution in [0.25, 0.3) is 6.08 Å². The molecule has 0 saturated carbocycles. The zero-order chi connectivity index (χ0) is 18.7. The number of benzene rings is 2. The number of rotatable bonds is 3. The molecule has 0 saturated heterocycles. The molecule has 1 N–H and O–H groups in total. The monoisotopic (exact) mass is 351 g/mol. The van der Waals surface area contributed by atoms with Crippen molar-refractivity contribution in [3.63, 3.8) is 0 Å². The maximum Gasteiger partial charge on any atom is 0.248 e. The average Bonchev–Trinajstić information content (AvgIpc) is 2.60. The van der Waals surface area contributed by atoms with E-state index in [-0.39, 0.29) is 11.3 Å². The Bertz CT molecular complexity index is 830. The molecule has 136 valence electrons. The highest BCUT2D eigenvalue weighted by atomic mass is 16.6. The summed E-state index contributed by atoms with van der Waals surface area (Å²) in [6.07, 6.45) is 3.36. The summed E-state index contributed by atoms with van der Waals surface area (Å²) in [5.41, 5.74) is 4.05. The fourth-order valence-electron chi connectivity index (χ4n) is 2.77. The van der Waals surface area contributed by atoms with Gasteiger partial charge >= 0.3 is 0 Å². The Morgan fingerprint density at radius 3 is 2.27 bits per heavy atom. The van der Waals surface area contributed by atoms with Crippen molar-refractivity contribution in [3.8, 4) is 11.5 Å². The third kappa shape index (κ3) is 4.26. The molecule has 1 aliphatic heterocycles. The van der Waals surface area contributed by atoms with Gasteiger partial charge in [-0.05, 0) is 41.2 Å². The van der Waals surface area contributed by atoms with Gasteiger partial charge in [-0.1, -0.05) is 45.0 Å². The van der Waals surface area contributed by atoms with E-state index in [1.54, 1.807) is 6.08 Å². The zero-order valence-electron chi connectivity index (χ0n) is 15.8. The van der Waals surface area contributed by atoms with Crippen molar-refractivity contribution in [2.75, 3.05) is 18.5 Å². The van der Waals surface area contributed by atoms with Gasteiger partial charge < -0.3 is 14.8 Å². The molecule has 2 aromatic rings. The molecule has 0 fully saturated rings. The summed E-state index contributed by atoms with van der Waals surface area (Å²) in [4.78, 5) is 12.3. The van der Waals surface area contributed by atoms with E-state index in [9.17, 15) is 4.79 Å². The molecular formula is C22H25NO3. The number of fused-ring (bicyclic) bond motifs is 1. The molecule has 2 aromatic carbocycles. The van der Waals surface area contributed by atoms with E-state index in [4.69, 9.17) is 9.47 Å². The van der Waals surface area contributed by atoms with Gasteiger partial charge in [0.2, 0.25) is 5.91 Å². The molecule has 0 radical (unpaired) electrons. The molecule has 0 bridgehead atoms. The molecule has 0 atom stereocenters. The van der Waals surface area contributed by atoms with E-state index < -0.39 is 0 Å². The highest BCUT2D eigenvalue weighted by Crippen LogP contribution is 2.35. The van der Waals surface area contributed by atoms with Crippen LogP contribution in [0.3, 0.4) is 0 Å². The van der Waals surface area contributed by atoms with Crippen molar-refractivity contribution in [3.05, 3.63) is 59.2 Å². The van der Waals surface area contributed by atoms with Gasteiger partial charge in [-0.3, -0.25) is 4.79 Å². The Morgan fingerprint density at radius 2 is 1.65 bits per heavy atom. The summed E-state index contributed by atoms with van der Waals surface area (Å²) in [5, 5.41) is 2.90. The van der Waals surface area contributed by atoms with Crippen LogP contribution in [0.2, 0.25) is 0 Å². The lowest BCUT2D eigenvalue weighted by Crippen LogP contribution is -2.16. The lowest BCUT2D eigenvalue weighted by molar-refractivity contribution is -0.111. The van der Waals surface area contributed by atoms with Crippen LogP contribution in [0.15, 0.2) is 42.5 Å². The quantitative estimate of drug-likeness (QED) is 0.814. The van der Waals surface area contributed by atoms with E-state index in [1.165, 1.54) is 5.56 Å². The van der Waals surface area contributed by atoms with E-state index in [1.807, 2.05) is 37.3 Å². The average molecular weight is 351 g/mol. The second-order valence-corrected chi connectivity index (χ2v) is 7.51. The van der Waals surface area contributed by atoms with Gasteiger partial charge in [0.05, 0.1) is 0 Å². The van der Waals surface area contributed by atoms with Crippen LogP contribution in [-0.2, 0) is 10.2 Å². The summed E-state index contributed by atoms with van der Waals surface area (Å²) in [5.74, 6) is 1.21. The number of nitrogens with one attached hydrogen (secondary N) is 1. The van der Waals surface area contributed by atoms with Gasteiger partial charge in [-0.25, -0.2) is 0 Å². The smallest absolute Gasteiger partial charge is 0.248 e. The number of hydrogen-bond acceptors (Lipinski definition) is 3. The number of hydrogen-bond donors (Lipinski definition) is 1. The molecule has 4 heteroatoms. The minimum Gasteiger partial charge on any atom is -0.486 e. The largest absolute Gasteiger partial charge is 0.486 e. The SMILES string of the molecule is Cc1cc2c(cc1NC(=O)/C=C/c1ccc(C(C)(C)C)cc1)OCCO2. The van der Waals surface area contributed by atoms with Crippen molar-refractivity contribution in [1.82, 2.24) is 0 Å². The summed E-state index contributed by atoms with van der Waals surface area (Å²) >= 11 is 0. The Morgan fingerprint density at radius 1 is 1.04 bits per heavy atom. The van der Waals surface area contributed by atoms with E-state index >= 15 is 0 Å². The summed E-state index contributed by atoms with van der Waals surface area (Å²) < 4.78 is 11.1. The van der Waals surface area contributed by atoms with Crippen LogP contribution in [-0.4, -0.2) is 19.1 Å². The molecule has 3 rings (SSSR count). The lowest BCUT2D eigenvalue weighted by atomic mass is 9.87.